The second-order valence-electron chi connectivity index (χ2n) is 4.57. The van der Waals surface area contributed by atoms with Crippen LogP contribution in [0.1, 0.15) is 0 Å². The molecular formula is C12H15NO8. The zero-order chi connectivity index (χ0) is 15.6. The van der Waals surface area contributed by atoms with Crippen LogP contribution in [0.5, 0.6) is 5.75 Å². The lowest BCUT2D eigenvalue weighted by atomic mass is 9.99. The average molecular weight is 301 g/mol. The molecule has 0 aromatic heterocycles. The largest absolute Gasteiger partial charge is 0.462 e. The lowest BCUT2D eigenvalue weighted by Crippen LogP contribution is -2.60. The third kappa shape index (κ3) is 3.28. The monoisotopic (exact) mass is 301 g/mol. The minimum atomic E-state index is -1.54. The summed E-state index contributed by atoms with van der Waals surface area (Å²) < 4.78 is 10.4. The van der Waals surface area contributed by atoms with Crippen molar-refractivity contribution >= 4 is 5.69 Å². The van der Waals surface area contributed by atoms with Gasteiger partial charge in [0.2, 0.25) is 6.29 Å². The van der Waals surface area contributed by atoms with Crippen LogP contribution in [-0.2, 0) is 4.74 Å². The minimum absolute atomic E-state index is 0.129. The molecule has 1 saturated heterocycles. The van der Waals surface area contributed by atoms with E-state index in [0.29, 0.717) is 0 Å². The fourth-order valence-corrected chi connectivity index (χ4v) is 1.95. The van der Waals surface area contributed by atoms with Crippen molar-refractivity contribution in [1.82, 2.24) is 0 Å². The normalized spacial score (nSPS) is 32.7. The van der Waals surface area contributed by atoms with Crippen LogP contribution in [0.25, 0.3) is 0 Å². The molecule has 0 bridgehead atoms. The van der Waals surface area contributed by atoms with Crippen LogP contribution in [-0.4, -0.2) is 62.7 Å². The Bertz CT molecular complexity index is 491. The van der Waals surface area contributed by atoms with E-state index in [-0.39, 0.29) is 11.4 Å². The van der Waals surface area contributed by atoms with E-state index in [2.05, 4.69) is 0 Å². The smallest absolute Gasteiger partial charge is 0.269 e. The van der Waals surface area contributed by atoms with Crippen molar-refractivity contribution in [2.24, 2.45) is 0 Å². The van der Waals surface area contributed by atoms with E-state index in [9.17, 15) is 25.4 Å². The first-order chi connectivity index (χ1) is 9.93. The summed E-state index contributed by atoms with van der Waals surface area (Å²) in [5, 5.41) is 48.6. The zero-order valence-electron chi connectivity index (χ0n) is 10.8. The number of hydrogen-bond donors (Lipinski definition) is 4. The Balaban J connectivity index is 2.08. The van der Waals surface area contributed by atoms with Crippen molar-refractivity contribution < 1.29 is 34.8 Å². The van der Waals surface area contributed by atoms with Crippen LogP contribution in [0.3, 0.4) is 0 Å². The highest BCUT2D eigenvalue weighted by Gasteiger charge is 2.44. The Morgan fingerprint density at radius 3 is 2.29 bits per heavy atom. The van der Waals surface area contributed by atoms with Gasteiger partial charge in [0.25, 0.3) is 5.69 Å². The second-order valence-corrected chi connectivity index (χ2v) is 4.57. The minimum Gasteiger partial charge on any atom is -0.462 e. The van der Waals surface area contributed by atoms with Crippen molar-refractivity contribution in [3.8, 4) is 5.75 Å². The predicted molar refractivity (Wildman–Crippen MR) is 67.5 cm³/mol. The maximum absolute atomic E-state index is 10.5. The molecule has 1 aromatic rings. The number of hydrogen-bond acceptors (Lipinski definition) is 8. The average Bonchev–Trinajstić information content (AvgIpc) is 2.48. The first kappa shape index (κ1) is 15.6. The molecule has 1 aliphatic heterocycles. The van der Waals surface area contributed by atoms with Crippen LogP contribution < -0.4 is 4.74 Å². The molecule has 0 spiro atoms. The van der Waals surface area contributed by atoms with Gasteiger partial charge in [0, 0.05) is 12.1 Å². The number of rotatable bonds is 4. The third-order valence-electron chi connectivity index (χ3n) is 3.15. The van der Waals surface area contributed by atoms with Crippen LogP contribution in [0.4, 0.5) is 5.69 Å². The summed E-state index contributed by atoms with van der Waals surface area (Å²) in [6.07, 6.45) is -6.94. The van der Waals surface area contributed by atoms with Crippen LogP contribution >= 0.6 is 0 Å². The van der Waals surface area contributed by atoms with E-state index in [4.69, 9.17) is 14.6 Å². The molecule has 1 fully saturated rings. The Hall–Kier alpha value is -1.78. The van der Waals surface area contributed by atoms with E-state index in [1.54, 1.807) is 0 Å². The predicted octanol–water partition coefficient (Wildman–Crippen LogP) is -1.23. The van der Waals surface area contributed by atoms with Crippen molar-refractivity contribution in [1.29, 1.82) is 0 Å². The standard InChI is InChI=1S/C12H15NO8/c14-5-8-9(15)10(16)11(17)12(21-8)20-7-3-1-6(2-4-7)13(18)19/h1-4,8-12,14-17H,5H2/t8?,9-,10+,11-,12-/m1/s1. The number of nitrogens with zero attached hydrogens (tertiary/aromatic N) is 1. The molecule has 1 aromatic carbocycles. The highest BCUT2D eigenvalue weighted by molar-refractivity contribution is 5.36. The summed E-state index contributed by atoms with van der Waals surface area (Å²) in [6, 6.07) is 5.03. The molecule has 21 heavy (non-hydrogen) atoms. The van der Waals surface area contributed by atoms with E-state index in [0.717, 1.165) is 0 Å². The number of nitro benzene ring substituents is 1. The van der Waals surface area contributed by atoms with Crippen molar-refractivity contribution in [2.75, 3.05) is 6.61 Å². The molecule has 0 saturated carbocycles. The molecule has 0 amide bonds. The number of benzene rings is 1. The van der Waals surface area contributed by atoms with Crippen molar-refractivity contribution in [2.45, 2.75) is 30.7 Å². The van der Waals surface area contributed by atoms with Crippen molar-refractivity contribution in [3.63, 3.8) is 0 Å². The van der Waals surface area contributed by atoms with Gasteiger partial charge in [0.05, 0.1) is 11.5 Å². The fraction of sp³-hybridized carbons (Fsp3) is 0.500. The van der Waals surface area contributed by atoms with Crippen LogP contribution in [0.15, 0.2) is 24.3 Å². The molecule has 4 N–H and O–H groups in total. The third-order valence-corrected chi connectivity index (χ3v) is 3.15. The molecule has 0 aliphatic carbocycles. The zero-order valence-corrected chi connectivity index (χ0v) is 10.8. The molecule has 9 nitrogen and oxygen atoms in total. The molecule has 5 atom stereocenters. The SMILES string of the molecule is O=[N+]([O-])c1ccc(O[C@@H]2OC(CO)[C@@H](O)[C@H](O)[C@H]2O)cc1. The molecular weight excluding hydrogens is 286 g/mol. The van der Waals surface area contributed by atoms with Gasteiger partial charge in [0.15, 0.2) is 0 Å². The van der Waals surface area contributed by atoms with Gasteiger partial charge >= 0.3 is 0 Å². The summed E-state index contributed by atoms with van der Waals surface area (Å²) in [6.45, 7) is -0.564. The highest BCUT2D eigenvalue weighted by Crippen LogP contribution is 2.25. The molecule has 0 radical (unpaired) electrons. The van der Waals surface area contributed by atoms with Gasteiger partial charge in [-0.15, -0.1) is 0 Å². The lowest BCUT2D eigenvalue weighted by molar-refractivity contribution is -0.384. The molecule has 116 valence electrons. The molecule has 1 unspecified atom stereocenters. The Morgan fingerprint density at radius 1 is 1.14 bits per heavy atom. The first-order valence-corrected chi connectivity index (χ1v) is 6.15. The fourth-order valence-electron chi connectivity index (χ4n) is 1.95. The topological polar surface area (TPSA) is 143 Å². The summed E-state index contributed by atoms with van der Waals surface area (Å²) >= 11 is 0. The van der Waals surface area contributed by atoms with Gasteiger partial charge in [-0.2, -0.15) is 0 Å². The summed E-state index contributed by atoms with van der Waals surface area (Å²) in [4.78, 5) is 9.95. The molecule has 1 heterocycles. The van der Waals surface area contributed by atoms with Gasteiger partial charge < -0.3 is 29.9 Å². The quantitative estimate of drug-likeness (QED) is 0.400. The van der Waals surface area contributed by atoms with Crippen LogP contribution in [0, 0.1) is 10.1 Å². The number of aliphatic hydroxyl groups is 4. The van der Waals surface area contributed by atoms with Gasteiger partial charge in [0.1, 0.15) is 30.2 Å². The summed E-state index contributed by atoms with van der Waals surface area (Å²) in [7, 11) is 0. The van der Waals surface area contributed by atoms with E-state index in [1.807, 2.05) is 0 Å². The van der Waals surface area contributed by atoms with Gasteiger partial charge in [-0.05, 0) is 12.1 Å². The summed E-state index contributed by atoms with van der Waals surface area (Å²) in [5.41, 5.74) is -0.129. The Kier molecular flexibility index (Phi) is 4.70. The molecule has 9 heteroatoms. The van der Waals surface area contributed by atoms with Crippen molar-refractivity contribution in [3.05, 3.63) is 34.4 Å². The Labute approximate surface area is 119 Å². The molecule has 2 rings (SSSR count). The van der Waals surface area contributed by atoms with E-state index in [1.165, 1.54) is 24.3 Å². The lowest BCUT2D eigenvalue weighted by Gasteiger charge is -2.39. The maximum atomic E-state index is 10.5. The number of aliphatic hydroxyl groups excluding tert-OH is 4. The maximum Gasteiger partial charge on any atom is 0.269 e. The van der Waals surface area contributed by atoms with Gasteiger partial charge in [-0.1, -0.05) is 0 Å². The molecule has 1 aliphatic rings. The number of non-ortho nitro benzene ring substituents is 1. The second kappa shape index (κ2) is 6.33. The number of ether oxygens (including phenoxy) is 2. The Morgan fingerprint density at radius 2 is 1.76 bits per heavy atom. The van der Waals surface area contributed by atoms with Gasteiger partial charge in [-0.3, -0.25) is 10.1 Å². The first-order valence-electron chi connectivity index (χ1n) is 6.15. The highest BCUT2D eigenvalue weighted by atomic mass is 16.7. The number of nitro groups is 1. The van der Waals surface area contributed by atoms with Crippen LogP contribution in [0.2, 0.25) is 0 Å². The summed E-state index contributed by atoms with van der Waals surface area (Å²) in [5.74, 6) is 0.171. The van der Waals surface area contributed by atoms with E-state index < -0.39 is 42.2 Å². The van der Waals surface area contributed by atoms with E-state index >= 15 is 0 Å². The van der Waals surface area contributed by atoms with Gasteiger partial charge in [-0.25, -0.2) is 0 Å².